The first-order valence-corrected chi connectivity index (χ1v) is 8.76. The maximum atomic E-state index is 12.4. The van der Waals surface area contributed by atoms with Crippen LogP contribution in [-0.2, 0) is 0 Å². The van der Waals surface area contributed by atoms with Crippen LogP contribution < -0.4 is 10.6 Å². The minimum absolute atomic E-state index is 0. The molecule has 0 aromatic carbocycles. The van der Waals surface area contributed by atoms with Crippen LogP contribution in [-0.4, -0.2) is 35.3 Å². The van der Waals surface area contributed by atoms with Crippen molar-refractivity contribution in [3.05, 3.63) is 18.0 Å². The zero-order valence-electron chi connectivity index (χ0n) is 14.0. The van der Waals surface area contributed by atoms with Crippen molar-refractivity contribution in [3.8, 4) is 0 Å². The molecule has 2 fully saturated rings. The Morgan fingerprint density at radius 3 is 2.87 bits per heavy atom. The number of piperidine rings is 1. The van der Waals surface area contributed by atoms with Crippen LogP contribution in [0.5, 0.6) is 0 Å². The number of carbonyl (C=O) groups is 1. The van der Waals surface area contributed by atoms with Gasteiger partial charge in [-0.3, -0.25) is 9.48 Å². The van der Waals surface area contributed by atoms with E-state index in [0.29, 0.717) is 17.2 Å². The molecule has 23 heavy (non-hydrogen) atoms. The van der Waals surface area contributed by atoms with Crippen molar-refractivity contribution in [3.63, 3.8) is 0 Å². The summed E-state index contributed by atoms with van der Waals surface area (Å²) in [6.07, 6.45) is 10.5. The molecule has 1 aromatic rings. The SMILES string of the molecule is CCC1(CNC(=O)c2ccn(C3CCCNC3)n2)CCCC1.Cl. The van der Waals surface area contributed by atoms with Crippen molar-refractivity contribution in [2.24, 2.45) is 5.41 Å². The lowest BCUT2D eigenvalue weighted by atomic mass is 9.83. The minimum atomic E-state index is -0.0257. The van der Waals surface area contributed by atoms with Crippen LogP contribution in [0.1, 0.15) is 68.4 Å². The first kappa shape index (κ1) is 18.3. The molecule has 2 aliphatic rings. The highest BCUT2D eigenvalue weighted by Crippen LogP contribution is 2.40. The number of rotatable bonds is 5. The Kier molecular flexibility index (Phi) is 6.48. The number of amides is 1. The van der Waals surface area contributed by atoms with Crippen molar-refractivity contribution in [2.75, 3.05) is 19.6 Å². The Hall–Kier alpha value is -1.07. The summed E-state index contributed by atoms with van der Waals surface area (Å²) < 4.78 is 1.95. The Bertz CT molecular complexity index is 504. The fraction of sp³-hybridized carbons (Fsp3) is 0.765. The number of hydrogen-bond acceptors (Lipinski definition) is 3. The molecule has 1 aliphatic carbocycles. The standard InChI is InChI=1S/C17H28N4O.ClH/c1-2-17(8-3-4-9-17)13-19-16(22)15-7-11-21(20-15)14-6-5-10-18-12-14;/h7,11,14,18H,2-6,8-10,12-13H2,1H3,(H,19,22);1H. The largest absolute Gasteiger partial charge is 0.350 e. The molecule has 5 nitrogen and oxygen atoms in total. The summed E-state index contributed by atoms with van der Waals surface area (Å²) in [7, 11) is 0. The molecule has 1 aliphatic heterocycles. The molecule has 1 saturated carbocycles. The minimum Gasteiger partial charge on any atom is -0.350 e. The molecule has 1 atom stereocenters. The molecule has 6 heteroatoms. The van der Waals surface area contributed by atoms with Gasteiger partial charge in [-0.1, -0.05) is 19.8 Å². The van der Waals surface area contributed by atoms with Gasteiger partial charge in [0, 0.05) is 19.3 Å². The first-order chi connectivity index (χ1) is 10.7. The Balaban J connectivity index is 0.00000192. The van der Waals surface area contributed by atoms with E-state index < -0.39 is 0 Å². The first-order valence-electron chi connectivity index (χ1n) is 8.76. The van der Waals surface area contributed by atoms with E-state index in [4.69, 9.17) is 0 Å². The Morgan fingerprint density at radius 1 is 1.43 bits per heavy atom. The van der Waals surface area contributed by atoms with E-state index >= 15 is 0 Å². The van der Waals surface area contributed by atoms with Gasteiger partial charge in [-0.25, -0.2) is 0 Å². The molecule has 2 heterocycles. The monoisotopic (exact) mass is 340 g/mol. The van der Waals surface area contributed by atoms with Gasteiger partial charge in [0.25, 0.3) is 5.91 Å². The number of halogens is 1. The van der Waals surface area contributed by atoms with Crippen molar-refractivity contribution < 1.29 is 4.79 Å². The molecule has 1 aromatic heterocycles. The summed E-state index contributed by atoms with van der Waals surface area (Å²) in [5.41, 5.74) is 0.876. The predicted molar refractivity (Wildman–Crippen MR) is 94.1 cm³/mol. The number of carbonyl (C=O) groups excluding carboxylic acids is 1. The fourth-order valence-corrected chi connectivity index (χ4v) is 3.86. The molecule has 1 amide bonds. The smallest absolute Gasteiger partial charge is 0.271 e. The summed E-state index contributed by atoms with van der Waals surface area (Å²) >= 11 is 0. The van der Waals surface area contributed by atoms with E-state index in [1.54, 1.807) is 0 Å². The second-order valence-corrected chi connectivity index (χ2v) is 6.92. The van der Waals surface area contributed by atoms with Crippen molar-refractivity contribution >= 4 is 18.3 Å². The molecule has 1 unspecified atom stereocenters. The summed E-state index contributed by atoms with van der Waals surface area (Å²) in [6, 6.07) is 2.23. The van der Waals surface area contributed by atoms with Gasteiger partial charge in [0.1, 0.15) is 5.69 Å². The van der Waals surface area contributed by atoms with Gasteiger partial charge in [-0.2, -0.15) is 5.10 Å². The Labute approximate surface area is 145 Å². The number of aromatic nitrogens is 2. The average molecular weight is 341 g/mol. The maximum absolute atomic E-state index is 12.4. The zero-order valence-corrected chi connectivity index (χ0v) is 14.8. The lowest BCUT2D eigenvalue weighted by Gasteiger charge is -2.27. The molecule has 0 bridgehead atoms. The quantitative estimate of drug-likeness (QED) is 0.866. The van der Waals surface area contributed by atoms with Crippen LogP contribution in [0.25, 0.3) is 0 Å². The highest BCUT2D eigenvalue weighted by Gasteiger charge is 2.32. The zero-order chi connectivity index (χ0) is 15.4. The molecule has 130 valence electrons. The summed E-state index contributed by atoms with van der Waals surface area (Å²) in [4.78, 5) is 12.4. The van der Waals surface area contributed by atoms with Crippen LogP contribution in [0.3, 0.4) is 0 Å². The van der Waals surface area contributed by atoms with E-state index in [-0.39, 0.29) is 18.3 Å². The van der Waals surface area contributed by atoms with Crippen molar-refractivity contribution in [1.29, 1.82) is 0 Å². The normalized spacial score (nSPS) is 23.3. The third-order valence-electron chi connectivity index (χ3n) is 5.52. The summed E-state index contributed by atoms with van der Waals surface area (Å²) in [6.45, 7) is 5.06. The lowest BCUT2D eigenvalue weighted by Crippen LogP contribution is -2.36. The van der Waals surface area contributed by atoms with Crippen LogP contribution in [0.15, 0.2) is 12.3 Å². The van der Waals surface area contributed by atoms with Crippen LogP contribution in [0.4, 0.5) is 0 Å². The summed E-state index contributed by atoms with van der Waals surface area (Å²) in [5.74, 6) is -0.0257. The van der Waals surface area contributed by atoms with Gasteiger partial charge in [0.15, 0.2) is 0 Å². The highest BCUT2D eigenvalue weighted by atomic mass is 35.5. The molecular formula is C17H29ClN4O. The molecule has 2 N–H and O–H groups in total. The average Bonchev–Trinajstić information content (AvgIpc) is 3.24. The second kappa shape index (κ2) is 8.15. The van der Waals surface area contributed by atoms with Gasteiger partial charge >= 0.3 is 0 Å². The number of hydrogen-bond donors (Lipinski definition) is 2. The van der Waals surface area contributed by atoms with Gasteiger partial charge in [0.2, 0.25) is 0 Å². The molecule has 3 rings (SSSR count). The van der Waals surface area contributed by atoms with Crippen molar-refractivity contribution in [2.45, 2.75) is 57.9 Å². The van der Waals surface area contributed by atoms with E-state index in [1.807, 2.05) is 16.9 Å². The predicted octanol–water partition coefficient (Wildman–Crippen LogP) is 2.93. The maximum Gasteiger partial charge on any atom is 0.271 e. The number of nitrogens with one attached hydrogen (secondary N) is 2. The summed E-state index contributed by atoms with van der Waals surface area (Å²) in [5, 5.41) is 11.0. The second-order valence-electron chi connectivity index (χ2n) is 6.92. The van der Waals surface area contributed by atoms with Crippen LogP contribution in [0, 0.1) is 5.41 Å². The third-order valence-corrected chi connectivity index (χ3v) is 5.52. The van der Waals surface area contributed by atoms with Gasteiger partial charge in [0.05, 0.1) is 6.04 Å². The van der Waals surface area contributed by atoms with E-state index in [9.17, 15) is 4.79 Å². The van der Waals surface area contributed by atoms with E-state index in [0.717, 1.165) is 32.5 Å². The molecule has 0 radical (unpaired) electrons. The van der Waals surface area contributed by atoms with Crippen LogP contribution in [0.2, 0.25) is 0 Å². The molecule has 1 saturated heterocycles. The lowest BCUT2D eigenvalue weighted by molar-refractivity contribution is 0.0922. The van der Waals surface area contributed by atoms with Crippen molar-refractivity contribution in [1.82, 2.24) is 20.4 Å². The van der Waals surface area contributed by atoms with Gasteiger partial charge in [-0.15, -0.1) is 12.4 Å². The fourth-order valence-electron chi connectivity index (χ4n) is 3.86. The number of nitrogens with zero attached hydrogens (tertiary/aromatic N) is 2. The topological polar surface area (TPSA) is 59.0 Å². The van der Waals surface area contributed by atoms with Crippen LogP contribution >= 0.6 is 12.4 Å². The van der Waals surface area contributed by atoms with E-state index in [2.05, 4.69) is 22.7 Å². The van der Waals surface area contributed by atoms with E-state index in [1.165, 1.54) is 32.1 Å². The molecule has 0 spiro atoms. The van der Waals surface area contributed by atoms with Gasteiger partial charge in [-0.05, 0) is 50.1 Å². The van der Waals surface area contributed by atoms with Gasteiger partial charge < -0.3 is 10.6 Å². The highest BCUT2D eigenvalue weighted by molar-refractivity contribution is 5.92. The Morgan fingerprint density at radius 2 is 2.22 bits per heavy atom. The third kappa shape index (κ3) is 4.27. The molecular weight excluding hydrogens is 312 g/mol.